The summed E-state index contributed by atoms with van der Waals surface area (Å²) in [5.74, 6) is -1.12. The van der Waals surface area contributed by atoms with Crippen LogP contribution in [0.15, 0.2) is 35.5 Å². The SMILES string of the molecule is CC(=O)C=C(C)[O-].CC(=O)C=C(C)[O-].CC(=O)C=C(C)[O-].[Y+3]. The molecule has 0 spiro atoms. The second-order valence-corrected chi connectivity index (χ2v) is 4.10. The minimum Gasteiger partial charge on any atom is -0.876 e. The second-order valence-electron chi connectivity index (χ2n) is 4.10. The van der Waals surface area contributed by atoms with Crippen molar-refractivity contribution in [2.75, 3.05) is 0 Å². The largest absolute Gasteiger partial charge is 3.00 e. The molecule has 0 amide bonds. The van der Waals surface area contributed by atoms with E-state index in [2.05, 4.69) is 0 Å². The monoisotopic (exact) mass is 386 g/mol. The number of carbonyl (C=O) groups excluding carboxylic acids is 3. The molecule has 0 aromatic carbocycles. The van der Waals surface area contributed by atoms with E-state index in [9.17, 15) is 29.7 Å². The average molecular weight is 386 g/mol. The van der Waals surface area contributed by atoms with E-state index in [0.29, 0.717) is 0 Å². The number of hydrogen-bond acceptors (Lipinski definition) is 6. The number of hydrogen-bond donors (Lipinski definition) is 0. The van der Waals surface area contributed by atoms with Crippen LogP contribution in [-0.4, -0.2) is 17.3 Å². The smallest absolute Gasteiger partial charge is 0.876 e. The third-order valence-electron chi connectivity index (χ3n) is 1.22. The summed E-state index contributed by atoms with van der Waals surface area (Å²) in [4.78, 5) is 29.9. The third kappa shape index (κ3) is 51.1. The molecule has 120 valence electrons. The fourth-order valence-corrected chi connectivity index (χ4v) is 0.859. The molecule has 0 rings (SSSR count). The van der Waals surface area contributed by atoms with Gasteiger partial charge in [0.1, 0.15) is 0 Å². The van der Waals surface area contributed by atoms with Gasteiger partial charge in [-0.2, -0.15) is 0 Å². The molecule has 6 nitrogen and oxygen atoms in total. The Bertz CT molecular complexity index is 368. The molecule has 0 saturated carbocycles. The van der Waals surface area contributed by atoms with Crippen molar-refractivity contribution in [1.29, 1.82) is 0 Å². The Morgan fingerprint density at radius 1 is 0.545 bits per heavy atom. The molecule has 0 fully saturated rings. The Kier molecular flexibility index (Phi) is 23.3. The van der Waals surface area contributed by atoms with Crippen LogP contribution in [0.1, 0.15) is 41.5 Å². The summed E-state index contributed by atoms with van der Waals surface area (Å²) in [5, 5.41) is 29.9. The van der Waals surface area contributed by atoms with Crippen LogP contribution in [0, 0.1) is 0 Å². The van der Waals surface area contributed by atoms with Gasteiger partial charge in [0, 0.05) is 0 Å². The van der Waals surface area contributed by atoms with Crippen molar-refractivity contribution >= 4 is 17.3 Å². The van der Waals surface area contributed by atoms with Gasteiger partial charge in [-0.05, 0) is 39.0 Å². The zero-order valence-electron chi connectivity index (χ0n) is 13.8. The van der Waals surface area contributed by atoms with E-state index in [1.165, 1.54) is 41.5 Å². The first-order valence-corrected chi connectivity index (χ1v) is 5.96. The molecule has 0 aromatic rings. The fraction of sp³-hybridized carbons (Fsp3) is 0.400. The van der Waals surface area contributed by atoms with Crippen molar-refractivity contribution in [3.8, 4) is 0 Å². The van der Waals surface area contributed by atoms with E-state index in [0.717, 1.165) is 18.2 Å². The number of allylic oxidation sites excluding steroid dienone is 6. The molecule has 0 aliphatic rings. The fourth-order valence-electron chi connectivity index (χ4n) is 0.859. The second kappa shape index (κ2) is 17.8. The third-order valence-corrected chi connectivity index (χ3v) is 1.22. The molecule has 0 heterocycles. The summed E-state index contributed by atoms with van der Waals surface area (Å²) < 4.78 is 0. The Balaban J connectivity index is -0.000000108. The zero-order chi connectivity index (χ0) is 17.6. The molecule has 0 N–H and O–H groups in total. The van der Waals surface area contributed by atoms with E-state index >= 15 is 0 Å². The van der Waals surface area contributed by atoms with Crippen LogP contribution in [0.2, 0.25) is 0 Å². The van der Waals surface area contributed by atoms with E-state index < -0.39 is 0 Å². The van der Waals surface area contributed by atoms with Gasteiger partial charge in [0.25, 0.3) is 0 Å². The molecule has 0 aromatic heterocycles. The Hall–Kier alpha value is -1.27. The van der Waals surface area contributed by atoms with E-state index in [1.54, 1.807) is 0 Å². The maximum absolute atomic E-state index is 9.98. The van der Waals surface area contributed by atoms with Gasteiger partial charge in [-0.25, -0.2) is 0 Å². The van der Waals surface area contributed by atoms with Gasteiger partial charge in [-0.15, -0.1) is 17.3 Å². The van der Waals surface area contributed by atoms with Gasteiger partial charge in [-0.1, -0.05) is 20.8 Å². The summed E-state index contributed by atoms with van der Waals surface area (Å²) in [5.41, 5.74) is 0. The quantitative estimate of drug-likeness (QED) is 0.477. The summed E-state index contributed by atoms with van der Waals surface area (Å²) >= 11 is 0. The topological polar surface area (TPSA) is 120 Å². The van der Waals surface area contributed by atoms with Gasteiger partial charge >= 0.3 is 32.7 Å². The minimum absolute atomic E-state index is 0. The number of carbonyl (C=O) groups is 3. The van der Waals surface area contributed by atoms with Gasteiger partial charge in [-0.3, -0.25) is 14.4 Å². The zero-order valence-corrected chi connectivity index (χ0v) is 16.6. The first-order valence-electron chi connectivity index (χ1n) is 5.96. The summed E-state index contributed by atoms with van der Waals surface area (Å²) in [6.07, 6.45) is 3.17. The van der Waals surface area contributed by atoms with Crippen LogP contribution < -0.4 is 15.3 Å². The predicted molar refractivity (Wildman–Crippen MR) is 73.3 cm³/mol. The molecule has 0 unspecified atom stereocenters. The summed E-state index contributed by atoms with van der Waals surface area (Å²) in [7, 11) is 0. The van der Waals surface area contributed by atoms with Crippen LogP contribution in [0.3, 0.4) is 0 Å². The van der Waals surface area contributed by atoms with E-state index in [-0.39, 0.29) is 67.3 Å². The van der Waals surface area contributed by atoms with Gasteiger partial charge in [0.05, 0.1) is 0 Å². The molecule has 22 heavy (non-hydrogen) atoms. The molecule has 0 bridgehead atoms. The number of ketones is 3. The van der Waals surface area contributed by atoms with Crippen LogP contribution >= 0.6 is 0 Å². The first kappa shape index (κ1) is 28.8. The molecular formula is C15H21O6Y. The average Bonchev–Trinajstić information content (AvgIpc) is 2.10. The molecule has 0 aliphatic heterocycles. The van der Waals surface area contributed by atoms with E-state index in [4.69, 9.17) is 0 Å². The Labute approximate surface area is 156 Å². The molecule has 0 atom stereocenters. The van der Waals surface area contributed by atoms with Gasteiger partial charge < -0.3 is 15.3 Å². The summed E-state index contributed by atoms with van der Waals surface area (Å²) in [6.45, 7) is 8.09. The van der Waals surface area contributed by atoms with Gasteiger partial charge in [0.2, 0.25) is 0 Å². The Morgan fingerprint density at radius 2 is 0.682 bits per heavy atom. The number of rotatable bonds is 3. The standard InChI is InChI=1S/3C5H8O2.Y/c3*1-4(6)3-5(2)7;/h3*3,6H,1-2H3;/q;;;+3/p-3. The van der Waals surface area contributed by atoms with E-state index in [1.807, 2.05) is 0 Å². The molecule has 7 heteroatoms. The first-order chi connectivity index (χ1) is 9.38. The van der Waals surface area contributed by atoms with Crippen molar-refractivity contribution in [2.24, 2.45) is 0 Å². The van der Waals surface area contributed by atoms with Crippen LogP contribution in [0.25, 0.3) is 0 Å². The van der Waals surface area contributed by atoms with Crippen molar-refractivity contribution in [3.63, 3.8) is 0 Å². The van der Waals surface area contributed by atoms with Gasteiger partial charge in [0.15, 0.2) is 17.3 Å². The predicted octanol–water partition coefficient (Wildman–Crippen LogP) is -0.484. The minimum atomic E-state index is -0.187. The Morgan fingerprint density at radius 3 is 0.682 bits per heavy atom. The van der Waals surface area contributed by atoms with Crippen LogP contribution in [0.4, 0.5) is 0 Å². The van der Waals surface area contributed by atoms with Crippen molar-refractivity contribution in [3.05, 3.63) is 35.5 Å². The molecular weight excluding hydrogens is 365 g/mol. The molecule has 0 radical (unpaired) electrons. The van der Waals surface area contributed by atoms with Crippen molar-refractivity contribution in [2.45, 2.75) is 41.5 Å². The normalized spacial score (nSPS) is 10.9. The van der Waals surface area contributed by atoms with Crippen molar-refractivity contribution < 1.29 is 62.4 Å². The molecule has 0 aliphatic carbocycles. The maximum atomic E-state index is 9.98. The molecule has 0 saturated heterocycles. The van der Waals surface area contributed by atoms with Crippen LogP contribution in [0.5, 0.6) is 0 Å². The summed E-state index contributed by atoms with van der Waals surface area (Å²) in [6, 6.07) is 0. The van der Waals surface area contributed by atoms with Crippen LogP contribution in [-0.2, 0) is 47.1 Å². The van der Waals surface area contributed by atoms with Crippen molar-refractivity contribution in [1.82, 2.24) is 0 Å². The maximum Gasteiger partial charge on any atom is 3.00 e.